The van der Waals surface area contributed by atoms with Gasteiger partial charge in [0.05, 0.1) is 5.69 Å². The van der Waals surface area contributed by atoms with E-state index in [9.17, 15) is 22.0 Å². The summed E-state index contributed by atoms with van der Waals surface area (Å²) in [7, 11) is -4.17. The molecular weight excluding hydrogens is 312 g/mol. The molecule has 1 heterocycles. The van der Waals surface area contributed by atoms with E-state index < -0.39 is 33.3 Å². The number of aromatic carboxylic acids is 1. The molecule has 0 saturated carbocycles. The summed E-state index contributed by atoms with van der Waals surface area (Å²) in [5, 5.41) is 8.72. The second-order valence-corrected chi connectivity index (χ2v) is 6.65. The Balaban J connectivity index is 2.35. The van der Waals surface area contributed by atoms with Crippen molar-refractivity contribution in [1.29, 1.82) is 0 Å². The van der Waals surface area contributed by atoms with Crippen LogP contribution >= 0.6 is 11.3 Å². The number of thiophene rings is 1. The van der Waals surface area contributed by atoms with Gasteiger partial charge in [-0.3, -0.25) is 4.72 Å². The third-order valence-electron chi connectivity index (χ3n) is 2.23. The molecule has 20 heavy (non-hydrogen) atoms. The quantitative estimate of drug-likeness (QED) is 0.907. The van der Waals surface area contributed by atoms with Crippen molar-refractivity contribution < 1.29 is 27.1 Å². The number of sulfonamides is 1. The van der Waals surface area contributed by atoms with Crippen molar-refractivity contribution in [1.82, 2.24) is 0 Å². The lowest BCUT2D eigenvalue weighted by atomic mass is 10.3. The molecule has 0 saturated heterocycles. The number of hydrogen-bond donors (Lipinski definition) is 2. The van der Waals surface area contributed by atoms with Crippen LogP contribution in [0.15, 0.2) is 34.5 Å². The zero-order valence-corrected chi connectivity index (χ0v) is 11.3. The Morgan fingerprint density at radius 3 is 2.50 bits per heavy atom. The topological polar surface area (TPSA) is 83.5 Å². The summed E-state index contributed by atoms with van der Waals surface area (Å²) in [6.07, 6.45) is 0. The van der Waals surface area contributed by atoms with Gasteiger partial charge >= 0.3 is 5.97 Å². The fourth-order valence-corrected chi connectivity index (χ4v) is 3.55. The highest BCUT2D eigenvalue weighted by atomic mass is 32.2. The molecule has 5 nitrogen and oxygen atoms in total. The number of rotatable bonds is 4. The summed E-state index contributed by atoms with van der Waals surface area (Å²) in [4.78, 5) is 10.5. The van der Waals surface area contributed by atoms with E-state index in [1.165, 1.54) is 0 Å². The van der Waals surface area contributed by atoms with Crippen LogP contribution in [-0.4, -0.2) is 19.5 Å². The van der Waals surface area contributed by atoms with Gasteiger partial charge in [0.25, 0.3) is 10.0 Å². The molecule has 1 aromatic carbocycles. The second-order valence-electron chi connectivity index (χ2n) is 3.65. The molecule has 1 aromatic heterocycles. The van der Waals surface area contributed by atoms with Crippen molar-refractivity contribution in [3.8, 4) is 0 Å². The van der Waals surface area contributed by atoms with Gasteiger partial charge in [0.2, 0.25) is 0 Å². The summed E-state index contributed by atoms with van der Waals surface area (Å²) >= 11 is 0.511. The standard InChI is InChI=1S/C11H7F2NO4S2/c12-6-1-2-7(13)8(5-6)14-20(17,18)10-4-3-9(19-10)11(15)16/h1-5,14H,(H,15,16). The third kappa shape index (κ3) is 2.94. The molecule has 0 radical (unpaired) electrons. The van der Waals surface area contributed by atoms with E-state index in [1.54, 1.807) is 0 Å². The van der Waals surface area contributed by atoms with E-state index >= 15 is 0 Å². The Bertz CT molecular complexity index is 770. The molecule has 106 valence electrons. The minimum Gasteiger partial charge on any atom is -0.477 e. The van der Waals surface area contributed by atoms with Gasteiger partial charge in [0.15, 0.2) is 0 Å². The van der Waals surface area contributed by atoms with Crippen LogP contribution in [0.2, 0.25) is 0 Å². The maximum Gasteiger partial charge on any atom is 0.345 e. The van der Waals surface area contributed by atoms with E-state index in [0.29, 0.717) is 17.4 Å². The van der Waals surface area contributed by atoms with Gasteiger partial charge in [-0.2, -0.15) is 0 Å². The van der Waals surface area contributed by atoms with Crippen LogP contribution in [0.25, 0.3) is 0 Å². The van der Waals surface area contributed by atoms with Crippen molar-refractivity contribution in [2.45, 2.75) is 4.21 Å². The minimum absolute atomic E-state index is 0.176. The largest absolute Gasteiger partial charge is 0.477 e. The van der Waals surface area contributed by atoms with Gasteiger partial charge in [-0.15, -0.1) is 11.3 Å². The van der Waals surface area contributed by atoms with Crippen LogP contribution in [0.3, 0.4) is 0 Å². The molecule has 0 spiro atoms. The number of carboxylic acids is 1. The molecule has 0 aliphatic heterocycles. The van der Waals surface area contributed by atoms with Crippen molar-refractivity contribution in [3.63, 3.8) is 0 Å². The third-order valence-corrected chi connectivity index (χ3v) is 5.16. The monoisotopic (exact) mass is 319 g/mol. The zero-order chi connectivity index (χ0) is 14.9. The fourth-order valence-electron chi connectivity index (χ4n) is 1.35. The van der Waals surface area contributed by atoms with E-state index in [0.717, 1.165) is 24.3 Å². The van der Waals surface area contributed by atoms with Gasteiger partial charge in [0.1, 0.15) is 20.7 Å². The Kier molecular flexibility index (Phi) is 3.73. The lowest BCUT2D eigenvalue weighted by Gasteiger charge is -2.07. The molecule has 2 aromatic rings. The van der Waals surface area contributed by atoms with Gasteiger partial charge in [-0.25, -0.2) is 22.0 Å². The van der Waals surface area contributed by atoms with Crippen molar-refractivity contribution in [3.05, 3.63) is 46.8 Å². The molecule has 0 amide bonds. The predicted molar refractivity (Wildman–Crippen MR) is 68.4 cm³/mol. The van der Waals surface area contributed by atoms with Gasteiger partial charge < -0.3 is 5.11 Å². The fraction of sp³-hybridized carbons (Fsp3) is 0. The molecule has 0 unspecified atom stereocenters. The van der Waals surface area contributed by atoms with Crippen LogP contribution < -0.4 is 4.72 Å². The first-order chi connectivity index (χ1) is 9.29. The van der Waals surface area contributed by atoms with Gasteiger partial charge in [-0.05, 0) is 24.3 Å². The summed E-state index contributed by atoms with van der Waals surface area (Å²) in [5.41, 5.74) is -0.546. The molecule has 2 N–H and O–H groups in total. The summed E-state index contributed by atoms with van der Waals surface area (Å²) in [6.45, 7) is 0. The predicted octanol–water partition coefficient (Wildman–Crippen LogP) is 2.53. The average molecular weight is 319 g/mol. The minimum atomic E-state index is -4.17. The van der Waals surface area contributed by atoms with E-state index in [1.807, 2.05) is 4.72 Å². The maximum absolute atomic E-state index is 13.4. The second kappa shape index (κ2) is 5.17. The van der Waals surface area contributed by atoms with E-state index in [-0.39, 0.29) is 9.09 Å². The number of nitrogens with one attached hydrogen (secondary N) is 1. The Morgan fingerprint density at radius 2 is 1.90 bits per heavy atom. The Morgan fingerprint density at radius 1 is 1.20 bits per heavy atom. The maximum atomic E-state index is 13.4. The lowest BCUT2D eigenvalue weighted by molar-refractivity contribution is 0.0702. The number of hydrogen-bond acceptors (Lipinski definition) is 4. The van der Waals surface area contributed by atoms with Crippen LogP contribution in [-0.2, 0) is 10.0 Å². The molecule has 9 heteroatoms. The van der Waals surface area contributed by atoms with Crippen molar-refractivity contribution in [2.24, 2.45) is 0 Å². The van der Waals surface area contributed by atoms with Crippen LogP contribution in [0.5, 0.6) is 0 Å². The molecule has 2 rings (SSSR count). The number of halogens is 2. The number of benzene rings is 1. The van der Waals surface area contributed by atoms with Crippen LogP contribution in [0, 0.1) is 11.6 Å². The lowest BCUT2D eigenvalue weighted by Crippen LogP contribution is -2.12. The zero-order valence-electron chi connectivity index (χ0n) is 9.63. The molecule has 0 fully saturated rings. The molecule has 0 atom stereocenters. The molecule has 0 bridgehead atoms. The number of anilines is 1. The summed E-state index contributed by atoms with van der Waals surface area (Å²) in [5.74, 6) is -3.01. The number of carbonyl (C=O) groups is 1. The van der Waals surface area contributed by atoms with Crippen LogP contribution in [0.1, 0.15) is 9.67 Å². The first-order valence-electron chi connectivity index (χ1n) is 5.10. The Hall–Kier alpha value is -2.00. The SMILES string of the molecule is O=C(O)c1ccc(S(=O)(=O)Nc2cc(F)ccc2F)s1. The highest BCUT2D eigenvalue weighted by Gasteiger charge is 2.20. The highest BCUT2D eigenvalue weighted by Crippen LogP contribution is 2.25. The van der Waals surface area contributed by atoms with Crippen molar-refractivity contribution in [2.75, 3.05) is 4.72 Å². The molecule has 0 aliphatic rings. The molecular formula is C11H7F2NO4S2. The molecule has 0 aliphatic carbocycles. The van der Waals surface area contributed by atoms with Gasteiger partial charge in [0, 0.05) is 6.07 Å². The Labute approximate surface area is 116 Å². The van der Waals surface area contributed by atoms with Gasteiger partial charge in [-0.1, -0.05) is 0 Å². The van der Waals surface area contributed by atoms with Crippen LogP contribution in [0.4, 0.5) is 14.5 Å². The normalized spacial score (nSPS) is 11.3. The summed E-state index contributed by atoms with van der Waals surface area (Å²) < 4.78 is 51.7. The van der Waals surface area contributed by atoms with Crippen molar-refractivity contribution >= 4 is 33.0 Å². The first-order valence-corrected chi connectivity index (χ1v) is 7.40. The highest BCUT2D eigenvalue weighted by molar-refractivity contribution is 7.94. The average Bonchev–Trinajstić information content (AvgIpc) is 2.84. The summed E-state index contributed by atoms with van der Waals surface area (Å²) in [6, 6.07) is 4.51. The smallest absolute Gasteiger partial charge is 0.345 e. The first kappa shape index (κ1) is 14.4. The van der Waals surface area contributed by atoms with E-state index in [2.05, 4.69) is 0 Å². The number of carboxylic acid groups (broad SMARTS) is 1. The van der Waals surface area contributed by atoms with E-state index in [4.69, 9.17) is 5.11 Å².